The van der Waals surface area contributed by atoms with E-state index >= 15 is 0 Å². The average Bonchev–Trinajstić information content (AvgIpc) is 2.36. The number of aromatic nitrogens is 1. The van der Waals surface area contributed by atoms with E-state index in [4.69, 9.17) is 16.3 Å². The summed E-state index contributed by atoms with van der Waals surface area (Å²) >= 11 is 5.65. The van der Waals surface area contributed by atoms with E-state index in [1.807, 2.05) is 6.92 Å². The van der Waals surface area contributed by atoms with Crippen molar-refractivity contribution < 1.29 is 13.2 Å². The Morgan fingerprint density at radius 1 is 1.50 bits per heavy atom. The molecule has 0 saturated heterocycles. The van der Waals surface area contributed by atoms with Crippen LogP contribution in [0.25, 0.3) is 0 Å². The van der Waals surface area contributed by atoms with Gasteiger partial charge in [0.15, 0.2) is 20.6 Å². The van der Waals surface area contributed by atoms with E-state index in [-0.39, 0.29) is 16.7 Å². The number of halogens is 1. The van der Waals surface area contributed by atoms with E-state index in [1.165, 1.54) is 6.20 Å². The molecule has 1 aromatic rings. The number of sulfone groups is 1. The third kappa shape index (κ3) is 4.14. The van der Waals surface area contributed by atoms with E-state index in [9.17, 15) is 8.42 Å². The Morgan fingerprint density at radius 2 is 2.22 bits per heavy atom. The minimum absolute atomic E-state index is 0.00965. The molecule has 1 aromatic heterocycles. The first-order chi connectivity index (χ1) is 8.51. The number of hydrogen-bond acceptors (Lipinski definition) is 4. The zero-order chi connectivity index (χ0) is 13.6. The molecule has 0 aromatic carbocycles. The molecule has 6 heteroatoms. The van der Waals surface area contributed by atoms with Gasteiger partial charge in [-0.15, -0.1) is 11.6 Å². The zero-order valence-corrected chi connectivity index (χ0v) is 12.2. The van der Waals surface area contributed by atoms with Gasteiger partial charge in [-0.1, -0.05) is 13.8 Å². The summed E-state index contributed by atoms with van der Waals surface area (Å²) in [5.74, 6) is 0.492. The van der Waals surface area contributed by atoms with Gasteiger partial charge in [-0.2, -0.15) is 0 Å². The Morgan fingerprint density at radius 3 is 2.83 bits per heavy atom. The highest BCUT2D eigenvalue weighted by atomic mass is 35.5. The topological polar surface area (TPSA) is 56.3 Å². The molecule has 0 fully saturated rings. The van der Waals surface area contributed by atoms with E-state index < -0.39 is 9.84 Å². The van der Waals surface area contributed by atoms with E-state index in [1.54, 1.807) is 19.1 Å². The first kappa shape index (κ1) is 15.2. The number of rotatable bonds is 7. The Balaban J connectivity index is 3.00. The Kier molecular flexibility index (Phi) is 5.88. The Labute approximate surface area is 113 Å². The van der Waals surface area contributed by atoms with E-state index in [2.05, 4.69) is 4.98 Å². The van der Waals surface area contributed by atoms with Crippen LogP contribution in [0.5, 0.6) is 5.75 Å². The van der Waals surface area contributed by atoms with Crippen molar-refractivity contribution in [2.24, 2.45) is 5.92 Å². The van der Waals surface area contributed by atoms with Crippen LogP contribution in [0.2, 0.25) is 0 Å². The maximum Gasteiger partial charge on any atom is 0.199 e. The third-order valence-electron chi connectivity index (χ3n) is 2.26. The molecular weight excluding hydrogens is 274 g/mol. The highest BCUT2D eigenvalue weighted by Gasteiger charge is 2.23. The van der Waals surface area contributed by atoms with E-state index in [0.717, 1.165) is 6.42 Å². The predicted octanol–water partition coefficient (Wildman–Crippen LogP) is 2.52. The third-order valence-corrected chi connectivity index (χ3v) is 4.69. The fourth-order valence-corrected chi connectivity index (χ4v) is 3.35. The molecule has 0 bridgehead atoms. The molecule has 102 valence electrons. The van der Waals surface area contributed by atoms with Gasteiger partial charge in [-0.05, 0) is 24.5 Å². The number of pyridine rings is 1. The fraction of sp³-hybridized carbons (Fsp3) is 0.583. The molecule has 1 atom stereocenters. The quantitative estimate of drug-likeness (QED) is 0.724. The molecule has 1 unspecified atom stereocenters. The van der Waals surface area contributed by atoms with Crippen molar-refractivity contribution >= 4 is 21.4 Å². The Bertz CT molecular complexity index is 476. The van der Waals surface area contributed by atoms with Crippen molar-refractivity contribution in [2.75, 3.05) is 18.2 Å². The zero-order valence-electron chi connectivity index (χ0n) is 10.6. The molecule has 0 aliphatic carbocycles. The first-order valence-corrected chi connectivity index (χ1v) is 8.06. The summed E-state index contributed by atoms with van der Waals surface area (Å²) in [7, 11) is -3.45. The summed E-state index contributed by atoms with van der Waals surface area (Å²) in [6, 6.07) is 3.29. The second kappa shape index (κ2) is 6.95. The van der Waals surface area contributed by atoms with Crippen LogP contribution in [0.1, 0.15) is 20.3 Å². The molecule has 0 spiro atoms. The highest BCUT2D eigenvalue weighted by Crippen LogP contribution is 2.23. The van der Waals surface area contributed by atoms with Crippen LogP contribution in [-0.4, -0.2) is 31.6 Å². The molecule has 1 heterocycles. The van der Waals surface area contributed by atoms with Crippen molar-refractivity contribution in [2.45, 2.75) is 25.3 Å². The lowest BCUT2D eigenvalue weighted by Crippen LogP contribution is -2.17. The fourth-order valence-electron chi connectivity index (χ4n) is 1.43. The summed E-state index contributed by atoms with van der Waals surface area (Å²) in [5.41, 5.74) is 0. The minimum Gasteiger partial charge on any atom is -0.491 e. The Hall–Kier alpha value is -0.810. The highest BCUT2D eigenvalue weighted by molar-refractivity contribution is 7.91. The van der Waals surface area contributed by atoms with Crippen molar-refractivity contribution in [1.82, 2.24) is 4.98 Å². The second-order valence-corrected chi connectivity index (χ2v) is 6.45. The van der Waals surface area contributed by atoms with Gasteiger partial charge in [-0.3, -0.25) is 0 Å². The summed E-state index contributed by atoms with van der Waals surface area (Å²) in [6.07, 6.45) is 2.27. The van der Waals surface area contributed by atoms with Crippen LogP contribution in [-0.2, 0) is 9.84 Å². The maximum absolute atomic E-state index is 12.2. The van der Waals surface area contributed by atoms with Crippen molar-refractivity contribution in [3.05, 3.63) is 18.3 Å². The van der Waals surface area contributed by atoms with Crippen LogP contribution in [0.3, 0.4) is 0 Å². The van der Waals surface area contributed by atoms with Crippen LogP contribution >= 0.6 is 11.6 Å². The van der Waals surface area contributed by atoms with Crippen molar-refractivity contribution in [1.29, 1.82) is 0 Å². The van der Waals surface area contributed by atoms with Crippen LogP contribution in [0.15, 0.2) is 23.4 Å². The average molecular weight is 292 g/mol. The summed E-state index contributed by atoms with van der Waals surface area (Å²) < 4.78 is 29.8. The molecule has 0 amide bonds. The van der Waals surface area contributed by atoms with Crippen LogP contribution in [0, 0.1) is 5.92 Å². The molecule has 0 N–H and O–H groups in total. The molecule has 4 nitrogen and oxygen atoms in total. The lowest BCUT2D eigenvalue weighted by Gasteiger charge is -2.12. The van der Waals surface area contributed by atoms with Gasteiger partial charge in [0.2, 0.25) is 0 Å². The standard InChI is InChI=1S/C12H18ClNO3S/c1-3-7-17-11-5-4-6-14-12(11)18(15,16)9-10(2)8-13/h4-6,10H,3,7-9H2,1-2H3. The molecular formula is C12H18ClNO3S. The lowest BCUT2D eigenvalue weighted by atomic mass is 10.3. The van der Waals surface area contributed by atoms with Gasteiger partial charge in [0.05, 0.1) is 12.4 Å². The predicted molar refractivity (Wildman–Crippen MR) is 72.0 cm³/mol. The molecule has 18 heavy (non-hydrogen) atoms. The van der Waals surface area contributed by atoms with Gasteiger partial charge in [0.25, 0.3) is 0 Å². The van der Waals surface area contributed by atoms with Crippen molar-refractivity contribution in [3.8, 4) is 5.75 Å². The van der Waals surface area contributed by atoms with Crippen LogP contribution in [0.4, 0.5) is 0 Å². The molecule has 0 aliphatic heterocycles. The molecule has 1 rings (SSSR count). The smallest absolute Gasteiger partial charge is 0.199 e. The molecule has 0 radical (unpaired) electrons. The van der Waals surface area contributed by atoms with Gasteiger partial charge in [0.1, 0.15) is 0 Å². The van der Waals surface area contributed by atoms with Gasteiger partial charge in [-0.25, -0.2) is 13.4 Å². The summed E-state index contributed by atoms with van der Waals surface area (Å²) in [6.45, 7) is 4.22. The van der Waals surface area contributed by atoms with Gasteiger partial charge >= 0.3 is 0 Å². The number of nitrogens with zero attached hydrogens (tertiary/aromatic N) is 1. The minimum atomic E-state index is -3.45. The number of hydrogen-bond donors (Lipinski definition) is 0. The lowest BCUT2D eigenvalue weighted by molar-refractivity contribution is 0.306. The monoisotopic (exact) mass is 291 g/mol. The van der Waals surface area contributed by atoms with E-state index in [0.29, 0.717) is 18.2 Å². The maximum atomic E-state index is 12.2. The first-order valence-electron chi connectivity index (χ1n) is 5.87. The van der Waals surface area contributed by atoms with Crippen molar-refractivity contribution in [3.63, 3.8) is 0 Å². The van der Waals surface area contributed by atoms with Gasteiger partial charge < -0.3 is 4.74 Å². The molecule has 0 saturated carbocycles. The largest absolute Gasteiger partial charge is 0.491 e. The number of alkyl halides is 1. The van der Waals surface area contributed by atoms with Gasteiger partial charge in [0, 0.05) is 12.1 Å². The summed E-state index contributed by atoms with van der Waals surface area (Å²) in [4.78, 5) is 3.93. The number of ether oxygens (including phenoxy) is 1. The summed E-state index contributed by atoms with van der Waals surface area (Å²) in [5, 5.41) is 0.00965. The van der Waals surface area contributed by atoms with Crippen LogP contribution < -0.4 is 4.74 Å². The second-order valence-electron chi connectivity index (χ2n) is 4.20. The normalized spacial score (nSPS) is 13.3. The SMILES string of the molecule is CCCOc1cccnc1S(=O)(=O)CC(C)CCl. The molecule has 0 aliphatic rings.